The number of methoxy groups -OCH3 is 1. The summed E-state index contributed by atoms with van der Waals surface area (Å²) in [5.41, 5.74) is 2.36. The van der Waals surface area contributed by atoms with Crippen LogP contribution in [0.1, 0.15) is 34.5 Å². The highest BCUT2D eigenvalue weighted by Gasteiger charge is 2.34. The normalized spacial score (nSPS) is 15.7. The van der Waals surface area contributed by atoms with Crippen LogP contribution in [0.4, 0.5) is 5.69 Å². The average molecular weight is 491 g/mol. The lowest BCUT2D eigenvalue weighted by atomic mass is 9.84. The van der Waals surface area contributed by atoms with Crippen LogP contribution in [-0.4, -0.2) is 36.1 Å². The summed E-state index contributed by atoms with van der Waals surface area (Å²) >= 11 is 5.91. The lowest BCUT2D eigenvalue weighted by molar-refractivity contribution is -0.0276. The number of halogens is 1. The molecule has 0 unspecified atom stereocenters. The van der Waals surface area contributed by atoms with Gasteiger partial charge in [-0.3, -0.25) is 9.69 Å². The van der Waals surface area contributed by atoms with Gasteiger partial charge in [0.25, 0.3) is 5.91 Å². The predicted molar refractivity (Wildman–Crippen MR) is 137 cm³/mol. The summed E-state index contributed by atoms with van der Waals surface area (Å²) in [4.78, 5) is 15.0. The van der Waals surface area contributed by atoms with E-state index in [9.17, 15) is 9.90 Å². The minimum Gasteiger partial charge on any atom is -0.497 e. The first-order chi connectivity index (χ1) is 16.9. The average Bonchev–Trinajstić information content (AvgIpc) is 3.31. The number of aliphatic hydroxyl groups is 1. The number of amides is 1. The fourth-order valence-electron chi connectivity index (χ4n) is 4.57. The molecule has 0 atom stereocenters. The number of nitrogens with one attached hydrogen (secondary N) is 1. The second-order valence-electron chi connectivity index (χ2n) is 8.98. The maximum atomic E-state index is 12.6. The molecule has 0 spiro atoms. The van der Waals surface area contributed by atoms with Crippen LogP contribution in [0, 0.1) is 0 Å². The third-order valence-electron chi connectivity index (χ3n) is 6.60. The first-order valence-electron chi connectivity index (χ1n) is 11.6. The fraction of sp³-hybridized carbons (Fsp3) is 0.250. The molecule has 0 bridgehead atoms. The van der Waals surface area contributed by atoms with Gasteiger partial charge < -0.3 is 19.6 Å². The molecule has 4 aromatic rings. The van der Waals surface area contributed by atoms with Crippen molar-refractivity contribution >= 4 is 34.2 Å². The van der Waals surface area contributed by atoms with Crippen molar-refractivity contribution in [3.05, 3.63) is 94.7 Å². The van der Waals surface area contributed by atoms with E-state index in [1.807, 2.05) is 36.4 Å². The SMILES string of the molecule is COc1cccc(CN2CCC(O)(c3ccc4oc(C(=O)Nc5ccc(Cl)cc5)cc4c3)CC2)c1. The number of piperidine rings is 1. The van der Waals surface area contributed by atoms with Gasteiger partial charge in [0.05, 0.1) is 12.7 Å². The Labute approximate surface area is 209 Å². The van der Waals surface area contributed by atoms with Gasteiger partial charge in [-0.1, -0.05) is 29.8 Å². The highest BCUT2D eigenvalue weighted by molar-refractivity contribution is 6.30. The molecule has 7 heteroatoms. The van der Waals surface area contributed by atoms with Crippen molar-refractivity contribution in [1.82, 2.24) is 4.90 Å². The molecular formula is C28H27ClN2O4. The van der Waals surface area contributed by atoms with E-state index in [0.717, 1.165) is 36.3 Å². The van der Waals surface area contributed by atoms with Crippen LogP contribution in [0.15, 0.2) is 77.2 Å². The molecule has 5 rings (SSSR count). The van der Waals surface area contributed by atoms with Crippen molar-refractivity contribution in [2.24, 2.45) is 0 Å². The van der Waals surface area contributed by atoms with Crippen molar-refractivity contribution in [2.75, 3.05) is 25.5 Å². The monoisotopic (exact) mass is 490 g/mol. The van der Waals surface area contributed by atoms with E-state index < -0.39 is 5.60 Å². The van der Waals surface area contributed by atoms with E-state index in [4.69, 9.17) is 20.8 Å². The zero-order valence-corrected chi connectivity index (χ0v) is 20.2. The lowest BCUT2D eigenvalue weighted by Gasteiger charge is -2.38. The second-order valence-corrected chi connectivity index (χ2v) is 9.42. The third kappa shape index (κ3) is 5.20. The molecule has 35 heavy (non-hydrogen) atoms. The van der Waals surface area contributed by atoms with Crippen molar-refractivity contribution < 1.29 is 19.1 Å². The summed E-state index contributed by atoms with van der Waals surface area (Å²) in [7, 11) is 1.67. The first-order valence-corrected chi connectivity index (χ1v) is 12.0. The molecule has 6 nitrogen and oxygen atoms in total. The van der Waals surface area contributed by atoms with Crippen LogP contribution in [0.25, 0.3) is 11.0 Å². The summed E-state index contributed by atoms with van der Waals surface area (Å²) in [5, 5.41) is 15.6. The Hall–Kier alpha value is -3.32. The standard InChI is InChI=1S/C28H27ClN2O4/c1-34-24-4-2-3-19(15-24)18-31-13-11-28(33,12-14-31)21-5-10-25-20(16-21)17-26(35-25)27(32)30-23-8-6-22(29)7-9-23/h2-10,15-17,33H,11-14,18H2,1H3,(H,30,32). The molecule has 180 valence electrons. The number of nitrogens with zero attached hydrogens (tertiary/aromatic N) is 1. The number of hydrogen-bond acceptors (Lipinski definition) is 5. The van der Waals surface area contributed by atoms with Crippen LogP contribution < -0.4 is 10.1 Å². The van der Waals surface area contributed by atoms with E-state index in [-0.39, 0.29) is 11.7 Å². The quantitative estimate of drug-likeness (QED) is 0.355. The van der Waals surface area contributed by atoms with Crippen LogP contribution in [0.3, 0.4) is 0 Å². The summed E-state index contributed by atoms with van der Waals surface area (Å²) in [6.45, 7) is 2.39. The van der Waals surface area contributed by atoms with Gasteiger partial charge in [-0.15, -0.1) is 0 Å². The van der Waals surface area contributed by atoms with E-state index in [1.54, 1.807) is 37.4 Å². The highest BCUT2D eigenvalue weighted by Crippen LogP contribution is 2.35. The zero-order valence-electron chi connectivity index (χ0n) is 19.5. The van der Waals surface area contributed by atoms with Crippen molar-refractivity contribution in [3.63, 3.8) is 0 Å². The Morgan fingerprint density at radius 1 is 1.09 bits per heavy atom. The number of hydrogen-bond donors (Lipinski definition) is 2. The number of furan rings is 1. The maximum Gasteiger partial charge on any atom is 0.291 e. The van der Waals surface area contributed by atoms with Crippen molar-refractivity contribution in [2.45, 2.75) is 25.0 Å². The molecule has 1 aliphatic rings. The van der Waals surface area contributed by atoms with Crippen LogP contribution >= 0.6 is 11.6 Å². The summed E-state index contributed by atoms with van der Waals surface area (Å²) in [5.74, 6) is 0.729. The summed E-state index contributed by atoms with van der Waals surface area (Å²) < 4.78 is 11.1. The van der Waals surface area contributed by atoms with Gasteiger partial charge in [-0.2, -0.15) is 0 Å². The Kier molecular flexibility index (Phi) is 6.52. The van der Waals surface area contributed by atoms with E-state index >= 15 is 0 Å². The number of anilines is 1. The predicted octanol–water partition coefficient (Wildman–Crippen LogP) is 5.83. The van der Waals surface area contributed by atoms with Gasteiger partial charge in [-0.25, -0.2) is 0 Å². The molecule has 2 heterocycles. The smallest absolute Gasteiger partial charge is 0.291 e. The molecule has 3 aromatic carbocycles. The Bertz CT molecular complexity index is 1340. The minimum absolute atomic E-state index is 0.215. The highest BCUT2D eigenvalue weighted by atomic mass is 35.5. The zero-order chi connectivity index (χ0) is 24.4. The van der Waals surface area contributed by atoms with Crippen molar-refractivity contribution in [1.29, 1.82) is 0 Å². The summed E-state index contributed by atoms with van der Waals surface area (Å²) in [6, 6.07) is 22.3. The minimum atomic E-state index is -0.915. The topological polar surface area (TPSA) is 74.9 Å². The number of carbonyl (C=O) groups is 1. The number of carbonyl (C=O) groups excluding carboxylic acids is 1. The molecule has 0 aliphatic carbocycles. The first kappa shape index (κ1) is 23.4. The molecule has 2 N–H and O–H groups in total. The lowest BCUT2D eigenvalue weighted by Crippen LogP contribution is -2.42. The number of likely N-dealkylation sites (tertiary alicyclic amines) is 1. The van der Waals surface area contributed by atoms with Gasteiger partial charge >= 0.3 is 0 Å². The van der Waals surface area contributed by atoms with Crippen LogP contribution in [0.2, 0.25) is 5.02 Å². The Morgan fingerprint density at radius 2 is 1.86 bits per heavy atom. The molecule has 1 saturated heterocycles. The van der Waals surface area contributed by atoms with E-state index in [1.165, 1.54) is 5.56 Å². The summed E-state index contributed by atoms with van der Waals surface area (Å²) in [6.07, 6.45) is 1.26. The number of benzene rings is 3. The van der Waals surface area contributed by atoms with Crippen molar-refractivity contribution in [3.8, 4) is 5.75 Å². The van der Waals surface area contributed by atoms with Gasteiger partial charge in [0.1, 0.15) is 11.3 Å². The van der Waals surface area contributed by atoms with Gasteiger partial charge in [-0.05, 0) is 78.6 Å². The molecular weight excluding hydrogens is 464 g/mol. The molecule has 1 aromatic heterocycles. The maximum absolute atomic E-state index is 12.6. The molecule has 0 radical (unpaired) electrons. The number of ether oxygens (including phenoxy) is 1. The van der Waals surface area contributed by atoms with E-state index in [0.29, 0.717) is 29.1 Å². The Morgan fingerprint density at radius 3 is 2.60 bits per heavy atom. The van der Waals surface area contributed by atoms with Crippen LogP contribution in [-0.2, 0) is 12.1 Å². The number of fused-ring (bicyclic) bond motifs is 1. The van der Waals surface area contributed by atoms with Gasteiger partial charge in [0.2, 0.25) is 0 Å². The molecule has 1 amide bonds. The second kappa shape index (κ2) is 9.74. The van der Waals surface area contributed by atoms with E-state index in [2.05, 4.69) is 16.3 Å². The van der Waals surface area contributed by atoms with Crippen LogP contribution in [0.5, 0.6) is 5.75 Å². The molecule has 0 saturated carbocycles. The largest absolute Gasteiger partial charge is 0.497 e. The van der Waals surface area contributed by atoms with Gasteiger partial charge in [0, 0.05) is 35.7 Å². The van der Waals surface area contributed by atoms with Gasteiger partial charge in [0.15, 0.2) is 5.76 Å². The Balaban J connectivity index is 1.26. The molecule has 1 aliphatic heterocycles. The third-order valence-corrected chi connectivity index (χ3v) is 6.86. The fourth-order valence-corrected chi connectivity index (χ4v) is 4.70. The molecule has 1 fully saturated rings. The number of rotatable bonds is 6.